The zero-order valence-corrected chi connectivity index (χ0v) is 18.0. The second-order valence-corrected chi connectivity index (χ2v) is 7.29. The van der Waals surface area contributed by atoms with Crippen LogP contribution < -0.4 is 4.90 Å². The summed E-state index contributed by atoms with van der Waals surface area (Å²) in [4.78, 5) is 40.1. The second kappa shape index (κ2) is 10.0. The highest BCUT2D eigenvalue weighted by molar-refractivity contribution is 6.30. The van der Waals surface area contributed by atoms with Gasteiger partial charge in [0.25, 0.3) is 5.91 Å². The first-order valence-electron chi connectivity index (χ1n) is 9.88. The molecule has 0 unspecified atom stereocenters. The molecular weight excluding hydrogens is 414 g/mol. The first kappa shape index (κ1) is 22.2. The molecule has 0 aliphatic heterocycles. The number of rotatable bonds is 7. The average Bonchev–Trinajstić information content (AvgIpc) is 2.80. The molecule has 0 saturated carbocycles. The van der Waals surface area contributed by atoms with Crippen molar-refractivity contribution in [3.63, 3.8) is 0 Å². The Morgan fingerprint density at radius 3 is 2.16 bits per heavy atom. The summed E-state index contributed by atoms with van der Waals surface area (Å²) in [5, 5.41) is 0.497. The molecular formula is C25H22ClNO4. The maximum absolute atomic E-state index is 13.3. The van der Waals surface area contributed by atoms with Crippen molar-refractivity contribution in [2.24, 2.45) is 0 Å². The van der Waals surface area contributed by atoms with Crippen LogP contribution in [0.15, 0.2) is 78.9 Å². The lowest BCUT2D eigenvalue weighted by Gasteiger charge is -2.28. The molecule has 0 spiro atoms. The van der Waals surface area contributed by atoms with Gasteiger partial charge < -0.3 is 4.74 Å². The number of amides is 1. The highest BCUT2D eigenvalue weighted by Gasteiger charge is 2.30. The van der Waals surface area contributed by atoms with Crippen LogP contribution in [0, 0.1) is 0 Å². The van der Waals surface area contributed by atoms with Crippen molar-refractivity contribution >= 4 is 34.9 Å². The summed E-state index contributed by atoms with van der Waals surface area (Å²) in [6, 6.07) is 21.0. The van der Waals surface area contributed by atoms with Gasteiger partial charge in [0.05, 0.1) is 6.61 Å². The summed E-state index contributed by atoms with van der Waals surface area (Å²) in [6.45, 7) is 3.49. The molecule has 0 aromatic heterocycles. The number of nitrogens with zero attached hydrogens (tertiary/aromatic N) is 1. The van der Waals surface area contributed by atoms with E-state index >= 15 is 0 Å². The molecule has 0 saturated heterocycles. The number of ketones is 1. The van der Waals surface area contributed by atoms with Crippen molar-refractivity contribution in [2.45, 2.75) is 19.9 Å². The maximum Gasteiger partial charge on any atom is 0.328 e. The van der Waals surface area contributed by atoms with Crippen LogP contribution in [0.3, 0.4) is 0 Å². The Morgan fingerprint density at radius 1 is 0.871 bits per heavy atom. The molecule has 0 aliphatic carbocycles. The molecule has 31 heavy (non-hydrogen) atoms. The van der Waals surface area contributed by atoms with Gasteiger partial charge in [-0.15, -0.1) is 0 Å². The Hall–Kier alpha value is -3.44. The van der Waals surface area contributed by atoms with E-state index in [0.717, 1.165) is 0 Å². The molecule has 1 amide bonds. The monoisotopic (exact) mass is 435 g/mol. The normalized spacial score (nSPS) is 11.5. The summed E-state index contributed by atoms with van der Waals surface area (Å²) in [5.41, 5.74) is 1.73. The predicted octanol–water partition coefficient (Wildman–Crippen LogP) is 5.17. The van der Waals surface area contributed by atoms with Crippen LogP contribution in [0.25, 0.3) is 0 Å². The molecule has 6 heteroatoms. The van der Waals surface area contributed by atoms with Crippen molar-refractivity contribution in [1.29, 1.82) is 0 Å². The Bertz CT molecular complexity index is 1080. The first-order valence-corrected chi connectivity index (χ1v) is 10.3. The summed E-state index contributed by atoms with van der Waals surface area (Å²) in [7, 11) is 0. The number of hydrogen-bond donors (Lipinski definition) is 0. The van der Waals surface area contributed by atoms with Gasteiger partial charge in [-0.25, -0.2) is 4.79 Å². The third kappa shape index (κ3) is 5.19. The van der Waals surface area contributed by atoms with Gasteiger partial charge in [-0.3, -0.25) is 14.5 Å². The molecule has 0 fully saturated rings. The number of carbonyl (C=O) groups excluding carboxylic acids is 3. The Labute approximate surface area is 186 Å². The number of carbonyl (C=O) groups is 3. The Morgan fingerprint density at radius 2 is 1.52 bits per heavy atom. The van der Waals surface area contributed by atoms with Crippen LogP contribution in [-0.2, 0) is 9.53 Å². The SMILES string of the molecule is CCOC(=O)[C@H](C)N(C(=O)c1ccc(Cl)cc1)c1cccc(C(=O)c2ccccc2)c1. The van der Waals surface area contributed by atoms with E-state index in [0.29, 0.717) is 27.4 Å². The van der Waals surface area contributed by atoms with E-state index in [2.05, 4.69) is 0 Å². The fraction of sp³-hybridized carbons (Fsp3) is 0.160. The van der Waals surface area contributed by atoms with E-state index in [1.54, 1.807) is 86.6 Å². The van der Waals surface area contributed by atoms with Crippen LogP contribution in [-0.4, -0.2) is 30.3 Å². The quantitative estimate of drug-likeness (QED) is 0.379. The van der Waals surface area contributed by atoms with Crippen LogP contribution in [0.2, 0.25) is 5.02 Å². The summed E-state index contributed by atoms with van der Waals surface area (Å²) >= 11 is 5.94. The standard InChI is InChI=1S/C25H22ClNO4/c1-3-31-25(30)17(2)27(24(29)19-12-14-21(26)15-13-19)22-11-7-10-20(16-22)23(28)18-8-5-4-6-9-18/h4-17H,3H2,1-2H3/t17-/m0/s1. The van der Waals surface area contributed by atoms with Crippen molar-refractivity contribution in [2.75, 3.05) is 11.5 Å². The second-order valence-electron chi connectivity index (χ2n) is 6.86. The topological polar surface area (TPSA) is 63.7 Å². The van der Waals surface area contributed by atoms with E-state index in [4.69, 9.17) is 16.3 Å². The summed E-state index contributed by atoms with van der Waals surface area (Å²) in [5.74, 6) is -1.11. The third-order valence-electron chi connectivity index (χ3n) is 4.75. The van der Waals surface area contributed by atoms with Crippen LogP contribution >= 0.6 is 11.6 Å². The number of anilines is 1. The Kier molecular flexibility index (Phi) is 7.21. The van der Waals surface area contributed by atoms with E-state index < -0.39 is 17.9 Å². The molecule has 0 aliphatic rings. The van der Waals surface area contributed by atoms with Gasteiger partial charge in [0.15, 0.2) is 5.78 Å². The molecule has 0 N–H and O–H groups in total. The molecule has 1 atom stereocenters. The molecule has 3 rings (SSSR count). The van der Waals surface area contributed by atoms with Gasteiger partial charge in [-0.05, 0) is 50.2 Å². The van der Waals surface area contributed by atoms with Gasteiger partial charge in [-0.1, -0.05) is 54.1 Å². The minimum atomic E-state index is -0.898. The number of ether oxygens (including phenoxy) is 1. The van der Waals surface area contributed by atoms with Crippen molar-refractivity contribution in [3.05, 3.63) is 101 Å². The van der Waals surface area contributed by atoms with E-state index in [-0.39, 0.29) is 12.4 Å². The lowest BCUT2D eigenvalue weighted by atomic mass is 10.0. The van der Waals surface area contributed by atoms with Crippen molar-refractivity contribution in [1.82, 2.24) is 0 Å². The lowest BCUT2D eigenvalue weighted by molar-refractivity contribution is -0.144. The van der Waals surface area contributed by atoms with Crippen molar-refractivity contribution in [3.8, 4) is 0 Å². The minimum Gasteiger partial charge on any atom is -0.464 e. The molecule has 0 heterocycles. The summed E-state index contributed by atoms with van der Waals surface area (Å²) in [6.07, 6.45) is 0. The zero-order valence-electron chi connectivity index (χ0n) is 17.2. The fourth-order valence-corrected chi connectivity index (χ4v) is 3.30. The fourth-order valence-electron chi connectivity index (χ4n) is 3.17. The highest BCUT2D eigenvalue weighted by Crippen LogP contribution is 2.24. The largest absolute Gasteiger partial charge is 0.464 e. The van der Waals surface area contributed by atoms with Gasteiger partial charge in [0, 0.05) is 27.4 Å². The first-order chi connectivity index (χ1) is 14.9. The molecule has 0 bridgehead atoms. The molecule has 5 nitrogen and oxygen atoms in total. The smallest absolute Gasteiger partial charge is 0.328 e. The van der Waals surface area contributed by atoms with E-state index in [1.807, 2.05) is 6.07 Å². The number of halogens is 1. The predicted molar refractivity (Wildman–Crippen MR) is 121 cm³/mol. The Balaban J connectivity index is 2.02. The van der Waals surface area contributed by atoms with Gasteiger partial charge in [0.1, 0.15) is 6.04 Å². The van der Waals surface area contributed by atoms with E-state index in [1.165, 1.54) is 4.90 Å². The van der Waals surface area contributed by atoms with Gasteiger partial charge in [-0.2, -0.15) is 0 Å². The van der Waals surface area contributed by atoms with Gasteiger partial charge >= 0.3 is 5.97 Å². The third-order valence-corrected chi connectivity index (χ3v) is 5.00. The highest BCUT2D eigenvalue weighted by atomic mass is 35.5. The lowest BCUT2D eigenvalue weighted by Crippen LogP contribution is -2.44. The molecule has 3 aromatic rings. The number of benzene rings is 3. The number of esters is 1. The summed E-state index contributed by atoms with van der Waals surface area (Å²) < 4.78 is 5.14. The number of hydrogen-bond acceptors (Lipinski definition) is 4. The molecule has 0 radical (unpaired) electrons. The van der Waals surface area contributed by atoms with Crippen LogP contribution in [0.5, 0.6) is 0 Å². The average molecular weight is 436 g/mol. The maximum atomic E-state index is 13.3. The minimum absolute atomic E-state index is 0.176. The van der Waals surface area contributed by atoms with Crippen LogP contribution in [0.1, 0.15) is 40.1 Å². The van der Waals surface area contributed by atoms with Crippen molar-refractivity contribution < 1.29 is 19.1 Å². The van der Waals surface area contributed by atoms with E-state index in [9.17, 15) is 14.4 Å². The van der Waals surface area contributed by atoms with Crippen LogP contribution in [0.4, 0.5) is 5.69 Å². The molecule has 3 aromatic carbocycles. The van der Waals surface area contributed by atoms with Gasteiger partial charge in [0.2, 0.25) is 0 Å². The molecule has 158 valence electrons. The zero-order chi connectivity index (χ0) is 22.4.